The van der Waals surface area contributed by atoms with E-state index in [2.05, 4.69) is 10.3 Å². The van der Waals surface area contributed by atoms with Crippen molar-refractivity contribution in [2.75, 3.05) is 5.32 Å². The van der Waals surface area contributed by atoms with Crippen LogP contribution in [0.1, 0.15) is 15.9 Å². The van der Waals surface area contributed by atoms with Gasteiger partial charge in [-0.15, -0.1) is 0 Å². The van der Waals surface area contributed by atoms with E-state index < -0.39 is 0 Å². The second-order valence-corrected chi connectivity index (χ2v) is 4.73. The number of anilines is 1. The molecule has 1 amide bonds. The van der Waals surface area contributed by atoms with Crippen LogP contribution in [0.15, 0.2) is 60.8 Å². The summed E-state index contributed by atoms with van der Waals surface area (Å²) < 4.78 is 0. The van der Waals surface area contributed by atoms with Crippen LogP contribution in [0.25, 0.3) is 10.9 Å². The van der Waals surface area contributed by atoms with Gasteiger partial charge in [0.15, 0.2) is 0 Å². The highest BCUT2D eigenvalue weighted by Gasteiger charge is 2.07. The highest BCUT2D eigenvalue weighted by atomic mass is 16.1. The molecule has 98 valence electrons. The summed E-state index contributed by atoms with van der Waals surface area (Å²) in [6.07, 6.45) is 1.74. The maximum absolute atomic E-state index is 12.2. The van der Waals surface area contributed by atoms with E-state index in [4.69, 9.17) is 0 Å². The van der Waals surface area contributed by atoms with E-state index in [9.17, 15) is 4.79 Å². The summed E-state index contributed by atoms with van der Waals surface area (Å²) in [6.45, 7) is 2.02. The summed E-state index contributed by atoms with van der Waals surface area (Å²) >= 11 is 0. The van der Waals surface area contributed by atoms with E-state index in [1.54, 1.807) is 12.3 Å². The maximum atomic E-state index is 12.2. The van der Waals surface area contributed by atoms with Crippen LogP contribution >= 0.6 is 0 Å². The second kappa shape index (κ2) is 5.13. The van der Waals surface area contributed by atoms with Gasteiger partial charge >= 0.3 is 0 Å². The third-order valence-electron chi connectivity index (χ3n) is 3.17. The molecule has 1 aromatic heterocycles. The number of hydrogen-bond donors (Lipinski definition) is 1. The summed E-state index contributed by atoms with van der Waals surface area (Å²) in [5.41, 5.74) is 3.48. The van der Waals surface area contributed by atoms with Gasteiger partial charge in [-0.1, -0.05) is 23.8 Å². The Morgan fingerprint density at radius 1 is 1.05 bits per heavy atom. The van der Waals surface area contributed by atoms with Crippen LogP contribution in [0.3, 0.4) is 0 Å². The number of nitrogens with one attached hydrogen (secondary N) is 1. The molecule has 0 aliphatic heterocycles. The van der Waals surface area contributed by atoms with Gasteiger partial charge in [0.05, 0.1) is 5.52 Å². The van der Waals surface area contributed by atoms with Crippen molar-refractivity contribution in [1.29, 1.82) is 0 Å². The molecule has 1 N–H and O–H groups in total. The average Bonchev–Trinajstić information content (AvgIpc) is 2.49. The van der Waals surface area contributed by atoms with E-state index in [0.29, 0.717) is 5.56 Å². The van der Waals surface area contributed by atoms with Crippen LogP contribution in [0.2, 0.25) is 0 Å². The Kier molecular flexibility index (Phi) is 3.17. The summed E-state index contributed by atoms with van der Waals surface area (Å²) in [5, 5.41) is 3.85. The Morgan fingerprint density at radius 3 is 2.65 bits per heavy atom. The summed E-state index contributed by atoms with van der Waals surface area (Å²) in [4.78, 5) is 16.5. The predicted molar refractivity (Wildman–Crippen MR) is 80.9 cm³/mol. The number of pyridine rings is 1. The van der Waals surface area contributed by atoms with Gasteiger partial charge in [-0.25, -0.2) is 0 Å². The first-order valence-corrected chi connectivity index (χ1v) is 6.45. The van der Waals surface area contributed by atoms with Crippen LogP contribution < -0.4 is 5.32 Å². The molecule has 2 aromatic carbocycles. The van der Waals surface area contributed by atoms with E-state index in [1.165, 1.54) is 5.56 Å². The van der Waals surface area contributed by atoms with Crippen LogP contribution in [-0.4, -0.2) is 10.9 Å². The first kappa shape index (κ1) is 12.4. The van der Waals surface area contributed by atoms with Gasteiger partial charge in [-0.2, -0.15) is 0 Å². The first-order chi connectivity index (χ1) is 9.72. The largest absolute Gasteiger partial charge is 0.322 e. The maximum Gasteiger partial charge on any atom is 0.255 e. The predicted octanol–water partition coefficient (Wildman–Crippen LogP) is 3.80. The lowest BCUT2D eigenvalue weighted by molar-refractivity contribution is 0.102. The Balaban J connectivity index is 1.86. The monoisotopic (exact) mass is 262 g/mol. The molecule has 0 bridgehead atoms. The van der Waals surface area contributed by atoms with Crippen molar-refractivity contribution in [3.8, 4) is 0 Å². The van der Waals surface area contributed by atoms with Crippen molar-refractivity contribution in [1.82, 2.24) is 4.98 Å². The van der Waals surface area contributed by atoms with Gasteiger partial charge in [0.2, 0.25) is 0 Å². The molecule has 0 atom stereocenters. The molecule has 0 aliphatic rings. The number of fused-ring (bicyclic) bond motifs is 1. The number of aryl methyl sites for hydroxylation is 1. The fourth-order valence-electron chi connectivity index (χ4n) is 2.06. The molecule has 0 saturated heterocycles. The lowest BCUT2D eigenvalue weighted by Gasteiger charge is -2.06. The van der Waals surface area contributed by atoms with Gasteiger partial charge in [0, 0.05) is 22.8 Å². The zero-order valence-corrected chi connectivity index (χ0v) is 11.1. The quantitative estimate of drug-likeness (QED) is 0.763. The molecule has 1 heterocycles. The summed E-state index contributed by atoms with van der Waals surface area (Å²) in [7, 11) is 0. The number of nitrogens with zero attached hydrogens (tertiary/aromatic N) is 1. The van der Waals surface area contributed by atoms with E-state index in [0.717, 1.165) is 16.6 Å². The molecule has 3 nitrogen and oxygen atoms in total. The zero-order valence-electron chi connectivity index (χ0n) is 11.1. The number of aromatic nitrogens is 1. The van der Waals surface area contributed by atoms with Crippen molar-refractivity contribution in [2.24, 2.45) is 0 Å². The van der Waals surface area contributed by atoms with E-state index >= 15 is 0 Å². The minimum Gasteiger partial charge on any atom is -0.322 e. The highest BCUT2D eigenvalue weighted by molar-refractivity contribution is 6.06. The lowest BCUT2D eigenvalue weighted by Crippen LogP contribution is -2.11. The number of hydrogen-bond acceptors (Lipinski definition) is 2. The molecular formula is C17H14N2O. The third kappa shape index (κ3) is 2.52. The number of amides is 1. The van der Waals surface area contributed by atoms with Gasteiger partial charge in [-0.05, 0) is 43.3 Å². The Bertz CT molecular complexity index is 763. The van der Waals surface area contributed by atoms with Crippen LogP contribution in [0.5, 0.6) is 0 Å². The Hall–Kier alpha value is -2.68. The fraction of sp³-hybridized carbons (Fsp3) is 0.0588. The van der Waals surface area contributed by atoms with Crippen molar-refractivity contribution in [3.05, 3.63) is 71.9 Å². The standard InChI is InChI=1S/C17H14N2O/c1-12-4-7-15(8-5-12)19-17(20)14-6-9-16-13(11-14)3-2-10-18-16/h2-11H,1H3,(H,19,20). The van der Waals surface area contributed by atoms with Crippen molar-refractivity contribution in [2.45, 2.75) is 6.92 Å². The van der Waals surface area contributed by atoms with E-state index in [-0.39, 0.29) is 5.91 Å². The topological polar surface area (TPSA) is 42.0 Å². The molecule has 0 unspecified atom stereocenters. The number of rotatable bonds is 2. The molecule has 3 aromatic rings. The summed E-state index contributed by atoms with van der Waals surface area (Å²) in [5.74, 6) is -0.111. The second-order valence-electron chi connectivity index (χ2n) is 4.73. The molecular weight excluding hydrogens is 248 g/mol. The smallest absolute Gasteiger partial charge is 0.255 e. The van der Waals surface area contributed by atoms with Gasteiger partial charge in [-0.3, -0.25) is 9.78 Å². The summed E-state index contributed by atoms with van der Waals surface area (Å²) in [6, 6.07) is 17.1. The number of carbonyl (C=O) groups is 1. The van der Waals surface area contributed by atoms with Crippen molar-refractivity contribution in [3.63, 3.8) is 0 Å². The van der Waals surface area contributed by atoms with Crippen molar-refractivity contribution < 1.29 is 4.79 Å². The molecule has 0 radical (unpaired) electrons. The minimum atomic E-state index is -0.111. The molecule has 20 heavy (non-hydrogen) atoms. The van der Waals surface area contributed by atoms with Gasteiger partial charge < -0.3 is 5.32 Å². The minimum absolute atomic E-state index is 0.111. The molecule has 0 spiro atoms. The lowest BCUT2D eigenvalue weighted by atomic mass is 10.1. The van der Waals surface area contributed by atoms with Gasteiger partial charge in [0.1, 0.15) is 0 Å². The van der Waals surface area contributed by atoms with Crippen LogP contribution in [0, 0.1) is 6.92 Å². The van der Waals surface area contributed by atoms with Gasteiger partial charge in [0.25, 0.3) is 5.91 Å². The molecule has 3 heteroatoms. The molecule has 0 fully saturated rings. The molecule has 0 saturated carbocycles. The fourth-order valence-corrected chi connectivity index (χ4v) is 2.06. The van der Waals surface area contributed by atoms with Crippen molar-refractivity contribution >= 4 is 22.5 Å². The highest BCUT2D eigenvalue weighted by Crippen LogP contribution is 2.15. The number of carbonyl (C=O) groups excluding carboxylic acids is 1. The number of benzene rings is 2. The van der Waals surface area contributed by atoms with Crippen LogP contribution in [0.4, 0.5) is 5.69 Å². The Morgan fingerprint density at radius 2 is 1.85 bits per heavy atom. The molecule has 3 rings (SSSR count). The van der Waals surface area contributed by atoms with Crippen LogP contribution in [-0.2, 0) is 0 Å². The molecule has 0 aliphatic carbocycles. The third-order valence-corrected chi connectivity index (χ3v) is 3.17. The zero-order chi connectivity index (χ0) is 13.9. The SMILES string of the molecule is Cc1ccc(NC(=O)c2ccc3ncccc3c2)cc1. The average molecular weight is 262 g/mol. The Labute approximate surface area is 117 Å². The normalized spacial score (nSPS) is 10.4. The van der Waals surface area contributed by atoms with E-state index in [1.807, 2.05) is 55.5 Å². The first-order valence-electron chi connectivity index (χ1n) is 6.45.